The Balaban J connectivity index is 1.91. The zero-order valence-electron chi connectivity index (χ0n) is 12.2. The number of amides is 1. The molecule has 0 radical (unpaired) electrons. The molecule has 1 saturated heterocycles. The number of halogens is 1. The fourth-order valence-corrected chi connectivity index (χ4v) is 2.67. The van der Waals surface area contributed by atoms with E-state index >= 15 is 0 Å². The summed E-state index contributed by atoms with van der Waals surface area (Å²) in [6, 6.07) is 5.00. The number of hydrogen-bond acceptors (Lipinski definition) is 4. The SMILES string of the molecule is CC1(O)CCCN(CC(=O)Nc2cc(N)ccc2Cl)CC1. The summed E-state index contributed by atoms with van der Waals surface area (Å²) in [4.78, 5) is 14.2. The van der Waals surface area contributed by atoms with Gasteiger partial charge in [-0.2, -0.15) is 0 Å². The fraction of sp³-hybridized carbons (Fsp3) is 0.533. The van der Waals surface area contributed by atoms with Crippen molar-refractivity contribution in [1.29, 1.82) is 0 Å². The molecule has 2 rings (SSSR count). The molecule has 116 valence electrons. The minimum atomic E-state index is -0.623. The zero-order valence-corrected chi connectivity index (χ0v) is 13.0. The molecule has 1 atom stereocenters. The second kappa shape index (κ2) is 6.64. The molecule has 1 aromatic rings. The summed E-state index contributed by atoms with van der Waals surface area (Å²) < 4.78 is 0. The number of likely N-dealkylation sites (tertiary alicyclic amines) is 1. The van der Waals surface area contributed by atoms with E-state index in [1.54, 1.807) is 18.2 Å². The smallest absolute Gasteiger partial charge is 0.238 e. The van der Waals surface area contributed by atoms with Crippen LogP contribution in [0, 0.1) is 0 Å². The van der Waals surface area contributed by atoms with Gasteiger partial charge in [0.25, 0.3) is 0 Å². The molecule has 0 bridgehead atoms. The number of carbonyl (C=O) groups excluding carboxylic acids is 1. The number of anilines is 2. The zero-order chi connectivity index (χ0) is 15.5. The molecule has 1 amide bonds. The summed E-state index contributed by atoms with van der Waals surface area (Å²) >= 11 is 6.03. The molecule has 4 N–H and O–H groups in total. The first-order valence-electron chi connectivity index (χ1n) is 7.15. The normalized spacial score (nSPS) is 23.6. The second-order valence-electron chi connectivity index (χ2n) is 5.91. The number of benzene rings is 1. The van der Waals surface area contributed by atoms with Crippen molar-refractivity contribution in [3.8, 4) is 0 Å². The third kappa shape index (κ3) is 4.88. The lowest BCUT2D eigenvalue weighted by Crippen LogP contribution is -2.35. The van der Waals surface area contributed by atoms with Crippen molar-refractivity contribution in [1.82, 2.24) is 4.90 Å². The highest BCUT2D eigenvalue weighted by Crippen LogP contribution is 2.24. The third-order valence-electron chi connectivity index (χ3n) is 3.79. The summed E-state index contributed by atoms with van der Waals surface area (Å²) in [6.45, 7) is 3.67. The van der Waals surface area contributed by atoms with Crippen molar-refractivity contribution in [2.24, 2.45) is 0 Å². The van der Waals surface area contributed by atoms with Crippen LogP contribution in [0.2, 0.25) is 5.02 Å². The second-order valence-corrected chi connectivity index (χ2v) is 6.32. The number of aliphatic hydroxyl groups is 1. The van der Waals surface area contributed by atoms with Gasteiger partial charge in [-0.05, 0) is 50.9 Å². The molecule has 1 aliphatic rings. The maximum Gasteiger partial charge on any atom is 0.238 e. The Morgan fingerprint density at radius 1 is 1.48 bits per heavy atom. The Labute approximate surface area is 130 Å². The lowest BCUT2D eigenvalue weighted by atomic mass is 9.98. The van der Waals surface area contributed by atoms with Crippen LogP contribution in [0.25, 0.3) is 0 Å². The van der Waals surface area contributed by atoms with Crippen LogP contribution in [-0.4, -0.2) is 41.1 Å². The van der Waals surface area contributed by atoms with Crippen molar-refractivity contribution in [3.05, 3.63) is 23.2 Å². The van der Waals surface area contributed by atoms with E-state index < -0.39 is 5.60 Å². The maximum atomic E-state index is 12.1. The number of nitrogens with zero attached hydrogens (tertiary/aromatic N) is 1. The number of carbonyl (C=O) groups is 1. The van der Waals surface area contributed by atoms with Gasteiger partial charge in [0.1, 0.15) is 0 Å². The van der Waals surface area contributed by atoms with E-state index in [2.05, 4.69) is 10.2 Å². The maximum absolute atomic E-state index is 12.1. The first-order valence-corrected chi connectivity index (χ1v) is 7.53. The van der Waals surface area contributed by atoms with Gasteiger partial charge in [0.15, 0.2) is 0 Å². The highest BCUT2D eigenvalue weighted by atomic mass is 35.5. The van der Waals surface area contributed by atoms with Gasteiger partial charge in [-0.25, -0.2) is 0 Å². The molecular weight excluding hydrogens is 290 g/mol. The highest BCUT2D eigenvalue weighted by molar-refractivity contribution is 6.33. The van der Waals surface area contributed by atoms with Gasteiger partial charge in [0.05, 0.1) is 22.9 Å². The molecule has 1 fully saturated rings. The van der Waals surface area contributed by atoms with E-state index in [0.717, 1.165) is 19.4 Å². The number of rotatable bonds is 3. The van der Waals surface area contributed by atoms with Gasteiger partial charge in [0.2, 0.25) is 5.91 Å². The van der Waals surface area contributed by atoms with Crippen LogP contribution in [0.15, 0.2) is 18.2 Å². The van der Waals surface area contributed by atoms with E-state index in [1.165, 1.54) is 0 Å². The average molecular weight is 312 g/mol. The summed E-state index contributed by atoms with van der Waals surface area (Å²) in [5.41, 5.74) is 6.15. The van der Waals surface area contributed by atoms with Crippen molar-refractivity contribution in [3.63, 3.8) is 0 Å². The Kier molecular flexibility index (Phi) is 5.08. The van der Waals surface area contributed by atoms with E-state index in [4.69, 9.17) is 17.3 Å². The molecule has 0 aromatic heterocycles. The van der Waals surface area contributed by atoms with E-state index in [1.807, 2.05) is 6.92 Å². The largest absolute Gasteiger partial charge is 0.399 e. The highest BCUT2D eigenvalue weighted by Gasteiger charge is 2.25. The summed E-state index contributed by atoms with van der Waals surface area (Å²) in [5.74, 6) is -0.121. The van der Waals surface area contributed by atoms with Crippen molar-refractivity contribution in [2.75, 3.05) is 30.7 Å². The van der Waals surface area contributed by atoms with Crippen LogP contribution < -0.4 is 11.1 Å². The Hall–Kier alpha value is -1.30. The van der Waals surface area contributed by atoms with Crippen LogP contribution in [0.4, 0.5) is 11.4 Å². The standard InChI is InChI=1S/C15H22ClN3O2/c1-15(21)5-2-7-19(8-6-15)10-14(20)18-13-9-11(17)3-4-12(13)16/h3-4,9,21H,2,5-8,10,17H2,1H3,(H,18,20). The predicted octanol–water partition coefficient (Wildman–Crippen LogP) is 2.10. The average Bonchev–Trinajstić information content (AvgIpc) is 2.55. The fourth-order valence-electron chi connectivity index (χ4n) is 2.51. The molecule has 1 aromatic carbocycles. The molecule has 1 aliphatic heterocycles. The minimum absolute atomic E-state index is 0.121. The van der Waals surface area contributed by atoms with Crippen LogP contribution in [0.5, 0.6) is 0 Å². The molecule has 6 heteroatoms. The summed E-state index contributed by atoms with van der Waals surface area (Å²) in [7, 11) is 0. The van der Waals surface area contributed by atoms with Gasteiger partial charge in [-0.15, -0.1) is 0 Å². The molecule has 5 nitrogen and oxygen atoms in total. The first-order chi connectivity index (χ1) is 9.85. The summed E-state index contributed by atoms with van der Waals surface area (Å²) in [6.07, 6.45) is 2.34. The van der Waals surface area contributed by atoms with Gasteiger partial charge < -0.3 is 16.2 Å². The van der Waals surface area contributed by atoms with Crippen LogP contribution in [-0.2, 0) is 4.79 Å². The van der Waals surface area contributed by atoms with Gasteiger partial charge in [0, 0.05) is 12.2 Å². The van der Waals surface area contributed by atoms with Crippen molar-refractivity contribution in [2.45, 2.75) is 31.8 Å². The van der Waals surface area contributed by atoms with Crippen LogP contribution >= 0.6 is 11.6 Å². The molecular formula is C15H22ClN3O2. The van der Waals surface area contributed by atoms with Gasteiger partial charge in [-0.1, -0.05) is 11.6 Å². The molecule has 0 saturated carbocycles. The van der Waals surface area contributed by atoms with Crippen molar-refractivity contribution < 1.29 is 9.90 Å². The number of hydrogen-bond donors (Lipinski definition) is 3. The molecule has 1 heterocycles. The van der Waals surface area contributed by atoms with E-state index in [9.17, 15) is 9.90 Å². The topological polar surface area (TPSA) is 78.6 Å². The van der Waals surface area contributed by atoms with E-state index in [0.29, 0.717) is 35.9 Å². The monoisotopic (exact) mass is 311 g/mol. The Bertz CT molecular complexity index is 520. The van der Waals surface area contributed by atoms with Gasteiger partial charge in [-0.3, -0.25) is 9.69 Å². The molecule has 21 heavy (non-hydrogen) atoms. The van der Waals surface area contributed by atoms with E-state index in [-0.39, 0.29) is 5.91 Å². The number of nitrogens with two attached hydrogens (primary N) is 1. The molecule has 0 aliphatic carbocycles. The number of nitrogen functional groups attached to an aromatic ring is 1. The number of nitrogens with one attached hydrogen (secondary N) is 1. The Morgan fingerprint density at radius 3 is 3.00 bits per heavy atom. The minimum Gasteiger partial charge on any atom is -0.399 e. The lowest BCUT2D eigenvalue weighted by Gasteiger charge is -2.22. The predicted molar refractivity (Wildman–Crippen MR) is 85.4 cm³/mol. The molecule has 1 unspecified atom stereocenters. The van der Waals surface area contributed by atoms with Crippen LogP contribution in [0.3, 0.4) is 0 Å². The van der Waals surface area contributed by atoms with Gasteiger partial charge >= 0.3 is 0 Å². The lowest BCUT2D eigenvalue weighted by molar-refractivity contribution is -0.117. The third-order valence-corrected chi connectivity index (χ3v) is 4.12. The van der Waals surface area contributed by atoms with Crippen molar-refractivity contribution >= 4 is 28.9 Å². The summed E-state index contributed by atoms with van der Waals surface area (Å²) in [5, 5.41) is 13.3. The Morgan fingerprint density at radius 2 is 2.24 bits per heavy atom. The first kappa shape index (κ1) is 16.1. The molecule has 0 spiro atoms. The van der Waals surface area contributed by atoms with Crippen LogP contribution in [0.1, 0.15) is 26.2 Å². The quantitative estimate of drug-likeness (QED) is 0.747.